The Morgan fingerprint density at radius 3 is 1.89 bits per heavy atom. The van der Waals surface area contributed by atoms with Crippen LogP contribution in [0.25, 0.3) is 0 Å². The molecule has 0 aliphatic carbocycles. The van der Waals surface area contributed by atoms with Crippen LogP contribution < -0.4 is 22.5 Å². The molecular formula is C10H22N4O4. The molecule has 0 aliphatic rings. The quantitative estimate of drug-likeness (QED) is 0.126. The van der Waals surface area contributed by atoms with Crippen LogP contribution in [0.1, 0.15) is 44.9 Å². The molecule has 0 aromatic rings. The number of carboxylic acids is 2. The van der Waals surface area contributed by atoms with Crippen molar-refractivity contribution in [3.8, 4) is 0 Å². The summed E-state index contributed by atoms with van der Waals surface area (Å²) in [5.74, 6) is 8.41. The lowest BCUT2D eigenvalue weighted by Crippen LogP contribution is -2.67. The highest BCUT2D eigenvalue weighted by Crippen LogP contribution is 2.13. The third-order valence-electron chi connectivity index (χ3n) is 2.80. The molecule has 0 aromatic carbocycles. The molecule has 106 valence electrons. The lowest BCUT2D eigenvalue weighted by Gasteiger charge is -2.27. The average Bonchev–Trinajstić information content (AvgIpc) is 2.32. The molecule has 0 atom stereocenters. The van der Waals surface area contributed by atoms with E-state index in [1.54, 1.807) is 0 Å². The number of unbranched alkanes of at least 4 members (excludes halogenated alkanes) is 4. The van der Waals surface area contributed by atoms with Crippen LogP contribution in [-0.4, -0.2) is 27.8 Å². The van der Waals surface area contributed by atoms with Crippen LogP contribution in [-0.2, 0) is 9.59 Å². The second-order valence-electron chi connectivity index (χ2n) is 4.16. The highest BCUT2D eigenvalue weighted by molar-refractivity contribution is 5.77. The molecule has 8 N–H and O–H groups in total. The van der Waals surface area contributed by atoms with E-state index in [9.17, 15) is 9.59 Å². The molecule has 0 fully saturated rings. The molecule has 0 bridgehead atoms. The summed E-state index contributed by atoms with van der Waals surface area (Å²) in [6, 6.07) is 0. The van der Waals surface area contributed by atoms with E-state index in [-0.39, 0.29) is 12.8 Å². The largest absolute Gasteiger partial charge is 0.481 e. The first-order valence-electron chi connectivity index (χ1n) is 5.89. The number of nitrogens with one attached hydrogen (secondary N) is 2. The number of hydrogen-bond donors (Lipinski definition) is 6. The van der Waals surface area contributed by atoms with E-state index in [4.69, 9.17) is 21.9 Å². The molecule has 0 radical (unpaired) electrons. The van der Waals surface area contributed by atoms with E-state index >= 15 is 0 Å². The minimum Gasteiger partial charge on any atom is -0.481 e. The molecule has 0 unspecified atom stereocenters. The van der Waals surface area contributed by atoms with Gasteiger partial charge in [-0.25, -0.2) is 15.6 Å². The standard InChI is InChI=1S/C10H22N4O4/c11-13-10(14-12,9(17)18)7-5-3-1-2-4-6-8(15)16/h13-14H,1-7,11-12H2,(H,15,16)(H,17,18). The Kier molecular flexibility index (Phi) is 8.21. The molecule has 8 heteroatoms. The molecule has 0 aliphatic heterocycles. The van der Waals surface area contributed by atoms with Gasteiger partial charge in [0.1, 0.15) is 0 Å². The second kappa shape index (κ2) is 8.81. The third-order valence-corrected chi connectivity index (χ3v) is 2.80. The Balaban J connectivity index is 3.75. The Hall–Kier alpha value is -1.22. The van der Waals surface area contributed by atoms with E-state index in [0.717, 1.165) is 19.3 Å². The van der Waals surface area contributed by atoms with Crippen molar-refractivity contribution in [2.45, 2.75) is 50.6 Å². The van der Waals surface area contributed by atoms with E-state index < -0.39 is 17.6 Å². The Morgan fingerprint density at radius 2 is 1.44 bits per heavy atom. The number of nitrogens with two attached hydrogens (primary N) is 2. The van der Waals surface area contributed by atoms with Crippen LogP contribution in [0.2, 0.25) is 0 Å². The van der Waals surface area contributed by atoms with Crippen molar-refractivity contribution in [2.75, 3.05) is 0 Å². The maximum atomic E-state index is 11.0. The van der Waals surface area contributed by atoms with Crippen LogP contribution in [0.4, 0.5) is 0 Å². The summed E-state index contributed by atoms with van der Waals surface area (Å²) in [6.45, 7) is 0. The normalized spacial score (nSPS) is 11.4. The summed E-state index contributed by atoms with van der Waals surface area (Å²) in [5.41, 5.74) is 2.84. The van der Waals surface area contributed by atoms with Gasteiger partial charge in [0.05, 0.1) is 0 Å². The molecule has 0 aromatic heterocycles. The highest BCUT2D eigenvalue weighted by atomic mass is 16.4. The third kappa shape index (κ3) is 5.92. The first kappa shape index (κ1) is 16.8. The van der Waals surface area contributed by atoms with Gasteiger partial charge < -0.3 is 10.2 Å². The van der Waals surface area contributed by atoms with Gasteiger partial charge in [0.2, 0.25) is 0 Å². The zero-order chi connectivity index (χ0) is 14.0. The van der Waals surface area contributed by atoms with Gasteiger partial charge >= 0.3 is 11.9 Å². The fourth-order valence-electron chi connectivity index (χ4n) is 1.61. The predicted molar refractivity (Wildman–Crippen MR) is 65.0 cm³/mol. The van der Waals surface area contributed by atoms with Crippen LogP contribution in [0.5, 0.6) is 0 Å². The fraction of sp³-hybridized carbons (Fsp3) is 0.800. The van der Waals surface area contributed by atoms with Gasteiger partial charge in [-0.3, -0.25) is 16.5 Å². The summed E-state index contributed by atoms with van der Waals surface area (Å²) in [4.78, 5) is 21.2. The van der Waals surface area contributed by atoms with Gasteiger partial charge in [0, 0.05) is 6.42 Å². The summed E-state index contributed by atoms with van der Waals surface area (Å²) < 4.78 is 0. The minimum atomic E-state index is -1.50. The van der Waals surface area contributed by atoms with Crippen molar-refractivity contribution in [1.82, 2.24) is 10.9 Å². The van der Waals surface area contributed by atoms with Crippen LogP contribution in [0, 0.1) is 0 Å². The molecule has 0 amide bonds. The maximum absolute atomic E-state index is 11.0. The van der Waals surface area contributed by atoms with Gasteiger partial charge in [-0.1, -0.05) is 19.3 Å². The zero-order valence-electron chi connectivity index (χ0n) is 10.3. The van der Waals surface area contributed by atoms with E-state index in [0.29, 0.717) is 12.8 Å². The van der Waals surface area contributed by atoms with Crippen LogP contribution in [0.3, 0.4) is 0 Å². The van der Waals surface area contributed by atoms with Gasteiger partial charge in [-0.15, -0.1) is 0 Å². The predicted octanol–water partition coefficient (Wildman–Crippen LogP) is -0.491. The summed E-state index contributed by atoms with van der Waals surface area (Å²) in [5, 5.41) is 17.4. The van der Waals surface area contributed by atoms with Gasteiger partial charge in [-0.2, -0.15) is 0 Å². The number of rotatable bonds is 11. The molecule has 8 nitrogen and oxygen atoms in total. The summed E-state index contributed by atoms with van der Waals surface area (Å²) >= 11 is 0. The fourth-order valence-corrected chi connectivity index (χ4v) is 1.61. The number of hydrazine groups is 2. The Labute approximate surface area is 106 Å². The molecule has 0 rings (SSSR count). The first-order chi connectivity index (χ1) is 8.48. The lowest BCUT2D eigenvalue weighted by atomic mass is 10.0. The van der Waals surface area contributed by atoms with Crippen molar-refractivity contribution >= 4 is 11.9 Å². The monoisotopic (exact) mass is 262 g/mol. The zero-order valence-corrected chi connectivity index (χ0v) is 10.3. The molecule has 0 spiro atoms. The second-order valence-corrected chi connectivity index (χ2v) is 4.16. The lowest BCUT2D eigenvalue weighted by molar-refractivity contribution is -0.147. The number of aliphatic carboxylic acids is 2. The maximum Gasteiger partial charge on any atom is 0.341 e. The van der Waals surface area contributed by atoms with Crippen molar-refractivity contribution in [3.63, 3.8) is 0 Å². The van der Waals surface area contributed by atoms with E-state index in [1.807, 2.05) is 0 Å². The molecule has 0 heterocycles. The minimum absolute atomic E-state index is 0.174. The Morgan fingerprint density at radius 1 is 0.944 bits per heavy atom. The summed E-state index contributed by atoms with van der Waals surface area (Å²) in [7, 11) is 0. The number of carbonyl (C=O) groups is 2. The van der Waals surface area contributed by atoms with Gasteiger partial charge in [-0.05, 0) is 19.3 Å². The smallest absolute Gasteiger partial charge is 0.341 e. The number of carboxylic acid groups (broad SMARTS) is 2. The van der Waals surface area contributed by atoms with Gasteiger partial charge in [0.15, 0.2) is 5.66 Å². The molecule has 18 heavy (non-hydrogen) atoms. The Bertz CT molecular complexity index is 269. The van der Waals surface area contributed by atoms with Crippen LogP contribution >= 0.6 is 0 Å². The first-order valence-corrected chi connectivity index (χ1v) is 5.89. The highest BCUT2D eigenvalue weighted by Gasteiger charge is 2.35. The van der Waals surface area contributed by atoms with Crippen molar-refractivity contribution < 1.29 is 19.8 Å². The average molecular weight is 262 g/mol. The number of hydrogen-bond acceptors (Lipinski definition) is 6. The van der Waals surface area contributed by atoms with E-state index in [2.05, 4.69) is 10.9 Å². The van der Waals surface area contributed by atoms with Crippen molar-refractivity contribution in [3.05, 3.63) is 0 Å². The summed E-state index contributed by atoms with van der Waals surface area (Å²) in [6.07, 6.45) is 4.19. The van der Waals surface area contributed by atoms with Crippen molar-refractivity contribution in [2.24, 2.45) is 11.7 Å². The molecular weight excluding hydrogens is 240 g/mol. The van der Waals surface area contributed by atoms with Crippen LogP contribution in [0.15, 0.2) is 0 Å². The molecule has 0 saturated heterocycles. The SMILES string of the molecule is NNC(CCCCCCCC(=O)O)(NN)C(=O)O. The van der Waals surface area contributed by atoms with Gasteiger partial charge in [0.25, 0.3) is 0 Å². The van der Waals surface area contributed by atoms with Crippen molar-refractivity contribution in [1.29, 1.82) is 0 Å². The van der Waals surface area contributed by atoms with E-state index in [1.165, 1.54) is 0 Å². The topological polar surface area (TPSA) is 151 Å². The molecule has 0 saturated carbocycles.